The number of hydrogen-bond donors (Lipinski definition) is 0. The lowest BCUT2D eigenvalue weighted by molar-refractivity contribution is -0.114. The van der Waals surface area contributed by atoms with E-state index in [1.165, 1.54) is 6.92 Å². The standard InChI is InChI=1S/C23H31O4P/c1-17(2)12-20-8-6-10-22(14-20)26-28(25,16-19(5)24)27-23-11-7-9-21(15-23)13-18(3)4/h6-11,14-15,17-18H,12-13,16H2,1-5H3. The van der Waals surface area contributed by atoms with Crippen LogP contribution in [0.2, 0.25) is 0 Å². The first-order chi connectivity index (χ1) is 13.1. The Kier molecular flexibility index (Phi) is 7.88. The second-order valence-electron chi connectivity index (χ2n) is 8.14. The second kappa shape index (κ2) is 9.93. The van der Waals surface area contributed by atoms with Crippen LogP contribution in [0.3, 0.4) is 0 Å². The quantitative estimate of drug-likeness (QED) is 0.436. The van der Waals surface area contributed by atoms with Gasteiger partial charge in [0, 0.05) is 0 Å². The van der Waals surface area contributed by atoms with Gasteiger partial charge in [0.05, 0.1) is 0 Å². The SMILES string of the molecule is CC(=O)CP(=O)(Oc1cccc(CC(C)C)c1)Oc1cccc(CC(C)C)c1. The van der Waals surface area contributed by atoms with Crippen molar-refractivity contribution in [2.24, 2.45) is 11.8 Å². The van der Waals surface area contributed by atoms with Crippen LogP contribution in [0.25, 0.3) is 0 Å². The first kappa shape index (κ1) is 22.2. The van der Waals surface area contributed by atoms with Gasteiger partial charge >= 0.3 is 7.60 Å². The maximum absolute atomic E-state index is 13.4. The maximum Gasteiger partial charge on any atom is 0.438 e. The molecule has 0 saturated heterocycles. The molecule has 28 heavy (non-hydrogen) atoms. The Hall–Kier alpha value is -2.06. The lowest BCUT2D eigenvalue weighted by atomic mass is 10.0. The zero-order valence-corrected chi connectivity index (χ0v) is 18.4. The van der Waals surface area contributed by atoms with Gasteiger partial charge in [0.15, 0.2) is 0 Å². The number of carbonyl (C=O) groups is 1. The zero-order chi connectivity index (χ0) is 20.7. The molecule has 0 unspecified atom stereocenters. The van der Waals surface area contributed by atoms with E-state index in [1.807, 2.05) is 36.4 Å². The molecule has 4 nitrogen and oxygen atoms in total. The summed E-state index contributed by atoms with van der Waals surface area (Å²) in [5.74, 6) is 1.68. The first-order valence-corrected chi connectivity index (χ1v) is 11.5. The van der Waals surface area contributed by atoms with E-state index in [0.717, 1.165) is 24.0 Å². The molecule has 0 aromatic heterocycles. The van der Waals surface area contributed by atoms with Crippen molar-refractivity contribution in [2.75, 3.05) is 6.16 Å². The molecular formula is C23H31O4P. The number of rotatable bonds is 10. The third kappa shape index (κ3) is 7.52. The molecule has 0 atom stereocenters. The van der Waals surface area contributed by atoms with E-state index in [4.69, 9.17) is 9.05 Å². The van der Waals surface area contributed by atoms with Crippen molar-refractivity contribution in [3.05, 3.63) is 59.7 Å². The van der Waals surface area contributed by atoms with Gasteiger partial charge in [-0.25, -0.2) is 4.57 Å². The van der Waals surface area contributed by atoms with Crippen molar-refractivity contribution in [3.63, 3.8) is 0 Å². The molecule has 0 spiro atoms. The summed E-state index contributed by atoms with van der Waals surface area (Å²) in [6.45, 7) is 9.95. The topological polar surface area (TPSA) is 52.6 Å². The highest BCUT2D eigenvalue weighted by atomic mass is 31.2. The molecule has 0 heterocycles. The fourth-order valence-electron chi connectivity index (χ4n) is 3.08. The average Bonchev–Trinajstić information content (AvgIpc) is 2.52. The van der Waals surface area contributed by atoms with Gasteiger partial charge in [-0.15, -0.1) is 0 Å². The summed E-state index contributed by atoms with van der Waals surface area (Å²) in [4.78, 5) is 11.7. The Morgan fingerprint density at radius 1 is 0.857 bits per heavy atom. The summed E-state index contributed by atoms with van der Waals surface area (Å²) >= 11 is 0. The van der Waals surface area contributed by atoms with E-state index in [9.17, 15) is 9.36 Å². The molecule has 2 rings (SSSR count). The summed E-state index contributed by atoms with van der Waals surface area (Å²) in [6, 6.07) is 15.0. The van der Waals surface area contributed by atoms with Crippen LogP contribution in [0.15, 0.2) is 48.5 Å². The minimum absolute atomic E-state index is 0.236. The summed E-state index contributed by atoms with van der Waals surface area (Å²) in [5.41, 5.74) is 2.20. The first-order valence-electron chi connectivity index (χ1n) is 9.81. The summed E-state index contributed by atoms with van der Waals surface area (Å²) in [7, 11) is -3.68. The molecule has 0 bridgehead atoms. The Morgan fingerprint density at radius 2 is 1.29 bits per heavy atom. The van der Waals surface area contributed by atoms with Crippen molar-refractivity contribution in [1.29, 1.82) is 0 Å². The minimum atomic E-state index is -3.68. The van der Waals surface area contributed by atoms with Crippen molar-refractivity contribution in [2.45, 2.75) is 47.5 Å². The molecule has 0 saturated carbocycles. The molecule has 152 valence electrons. The number of hydrogen-bond acceptors (Lipinski definition) is 4. The zero-order valence-electron chi connectivity index (χ0n) is 17.5. The van der Waals surface area contributed by atoms with E-state index in [2.05, 4.69) is 27.7 Å². The summed E-state index contributed by atoms with van der Waals surface area (Å²) < 4.78 is 24.9. The molecule has 0 radical (unpaired) electrons. The molecule has 0 fully saturated rings. The monoisotopic (exact) mass is 402 g/mol. The van der Waals surface area contributed by atoms with Crippen LogP contribution in [0.1, 0.15) is 45.7 Å². The molecule has 0 aliphatic rings. The van der Waals surface area contributed by atoms with E-state index >= 15 is 0 Å². The van der Waals surface area contributed by atoms with Gasteiger partial charge in [-0.3, -0.25) is 4.79 Å². The van der Waals surface area contributed by atoms with E-state index in [-0.39, 0.29) is 11.9 Å². The smallest absolute Gasteiger partial charge is 0.416 e. The van der Waals surface area contributed by atoms with Gasteiger partial charge in [0.25, 0.3) is 0 Å². The van der Waals surface area contributed by atoms with Crippen LogP contribution in [-0.4, -0.2) is 11.9 Å². The van der Waals surface area contributed by atoms with Gasteiger partial charge in [-0.1, -0.05) is 52.0 Å². The third-order valence-corrected chi connectivity index (χ3v) is 5.80. The Bertz CT molecular complexity index is 783. The highest BCUT2D eigenvalue weighted by molar-refractivity contribution is 7.55. The fourth-order valence-corrected chi connectivity index (χ4v) is 4.66. The van der Waals surface area contributed by atoms with Crippen LogP contribution < -0.4 is 9.05 Å². The molecule has 5 heteroatoms. The van der Waals surface area contributed by atoms with Crippen molar-refractivity contribution in [3.8, 4) is 11.5 Å². The minimum Gasteiger partial charge on any atom is -0.416 e. The van der Waals surface area contributed by atoms with Gasteiger partial charge in [-0.2, -0.15) is 0 Å². The highest BCUT2D eigenvalue weighted by Gasteiger charge is 2.30. The number of ketones is 1. The largest absolute Gasteiger partial charge is 0.438 e. The molecule has 2 aromatic carbocycles. The predicted molar refractivity (Wildman–Crippen MR) is 114 cm³/mol. The van der Waals surface area contributed by atoms with E-state index in [0.29, 0.717) is 23.3 Å². The van der Waals surface area contributed by atoms with Gasteiger partial charge in [0.1, 0.15) is 23.4 Å². The van der Waals surface area contributed by atoms with Crippen LogP contribution in [0.5, 0.6) is 11.5 Å². The molecule has 0 aliphatic carbocycles. The van der Waals surface area contributed by atoms with Crippen molar-refractivity contribution in [1.82, 2.24) is 0 Å². The van der Waals surface area contributed by atoms with Crippen LogP contribution >= 0.6 is 7.60 Å². The normalized spacial score (nSPS) is 11.7. The highest BCUT2D eigenvalue weighted by Crippen LogP contribution is 2.48. The van der Waals surface area contributed by atoms with E-state index in [1.54, 1.807) is 12.1 Å². The van der Waals surface area contributed by atoms with Crippen LogP contribution in [0.4, 0.5) is 0 Å². The van der Waals surface area contributed by atoms with Crippen LogP contribution in [-0.2, 0) is 22.2 Å². The summed E-state index contributed by atoms with van der Waals surface area (Å²) in [6.07, 6.45) is 1.52. The summed E-state index contributed by atoms with van der Waals surface area (Å²) in [5, 5.41) is 0. The molecule has 0 N–H and O–H groups in total. The van der Waals surface area contributed by atoms with Crippen molar-refractivity contribution >= 4 is 13.4 Å². The number of carbonyl (C=O) groups excluding carboxylic acids is 1. The molecular weight excluding hydrogens is 371 g/mol. The Morgan fingerprint density at radius 3 is 1.64 bits per heavy atom. The second-order valence-corrected chi connectivity index (χ2v) is 10.0. The molecule has 2 aromatic rings. The number of Topliss-reactive ketones (excluding diaryl/α,β-unsaturated/α-hetero) is 1. The lowest BCUT2D eigenvalue weighted by Crippen LogP contribution is -2.11. The maximum atomic E-state index is 13.4. The Balaban J connectivity index is 2.24. The Labute approximate surface area is 168 Å². The predicted octanol–water partition coefficient (Wildman–Crippen LogP) is 6.32. The van der Waals surface area contributed by atoms with Crippen molar-refractivity contribution < 1.29 is 18.4 Å². The van der Waals surface area contributed by atoms with E-state index < -0.39 is 7.60 Å². The van der Waals surface area contributed by atoms with Gasteiger partial charge in [0.2, 0.25) is 0 Å². The van der Waals surface area contributed by atoms with Gasteiger partial charge < -0.3 is 9.05 Å². The third-order valence-electron chi connectivity index (χ3n) is 3.99. The molecule has 0 amide bonds. The van der Waals surface area contributed by atoms with Crippen LogP contribution in [0, 0.1) is 11.8 Å². The lowest BCUT2D eigenvalue weighted by Gasteiger charge is -2.20. The fraction of sp³-hybridized carbons (Fsp3) is 0.435. The number of benzene rings is 2. The molecule has 0 aliphatic heterocycles. The van der Waals surface area contributed by atoms with Gasteiger partial charge in [-0.05, 0) is 67.0 Å². The average molecular weight is 402 g/mol.